The molecule has 3 rings (SSSR count). The fraction of sp³-hybridized carbons (Fsp3) is 0.0625. The molecule has 1 N–H and O–H groups in total. The summed E-state index contributed by atoms with van der Waals surface area (Å²) in [5.74, 6) is -0.165. The molecule has 0 bridgehead atoms. The Bertz CT molecular complexity index is 833. The summed E-state index contributed by atoms with van der Waals surface area (Å²) in [6, 6.07) is 12.3. The average Bonchev–Trinajstić information content (AvgIpc) is 3.02. The highest BCUT2D eigenvalue weighted by molar-refractivity contribution is 6.33. The second kappa shape index (κ2) is 6.58. The van der Waals surface area contributed by atoms with Gasteiger partial charge in [-0.3, -0.25) is 4.79 Å². The van der Waals surface area contributed by atoms with Gasteiger partial charge in [0.05, 0.1) is 11.6 Å². The van der Waals surface area contributed by atoms with Gasteiger partial charge in [0.2, 0.25) is 11.7 Å². The predicted molar refractivity (Wildman–Crippen MR) is 82.3 cm³/mol. The number of hydrogen-bond acceptors (Lipinski definition) is 4. The van der Waals surface area contributed by atoms with Crippen LogP contribution in [0.2, 0.25) is 5.02 Å². The van der Waals surface area contributed by atoms with E-state index in [1.165, 1.54) is 24.3 Å². The first kappa shape index (κ1) is 15.2. The van der Waals surface area contributed by atoms with Gasteiger partial charge in [-0.1, -0.05) is 28.9 Å². The van der Waals surface area contributed by atoms with Crippen molar-refractivity contribution >= 4 is 17.5 Å². The summed E-state index contributed by atoms with van der Waals surface area (Å²) in [7, 11) is 0. The molecule has 0 aliphatic heterocycles. The highest BCUT2D eigenvalue weighted by Gasteiger charge is 2.12. The molecule has 0 radical (unpaired) electrons. The molecular weight excluding hydrogens is 321 g/mol. The summed E-state index contributed by atoms with van der Waals surface area (Å²) in [4.78, 5) is 16.1. The van der Waals surface area contributed by atoms with Crippen LogP contribution in [0, 0.1) is 5.82 Å². The Morgan fingerprint density at radius 2 is 1.91 bits per heavy atom. The first-order chi connectivity index (χ1) is 11.1. The van der Waals surface area contributed by atoms with Gasteiger partial charge in [0.25, 0.3) is 5.91 Å². The van der Waals surface area contributed by atoms with Gasteiger partial charge in [-0.2, -0.15) is 4.98 Å². The molecule has 116 valence electrons. The molecule has 5 nitrogen and oxygen atoms in total. The lowest BCUT2D eigenvalue weighted by atomic mass is 10.2. The normalized spacial score (nSPS) is 10.5. The fourth-order valence-corrected chi connectivity index (χ4v) is 2.16. The van der Waals surface area contributed by atoms with Gasteiger partial charge in [0, 0.05) is 11.1 Å². The van der Waals surface area contributed by atoms with Crippen LogP contribution in [0.15, 0.2) is 53.1 Å². The molecule has 0 saturated carbocycles. The Morgan fingerprint density at radius 3 is 2.65 bits per heavy atom. The highest BCUT2D eigenvalue weighted by atomic mass is 35.5. The van der Waals surface area contributed by atoms with Crippen LogP contribution in [0.4, 0.5) is 4.39 Å². The largest absolute Gasteiger partial charge is 0.343 e. The predicted octanol–water partition coefficient (Wildman–Crippen LogP) is 3.46. The van der Waals surface area contributed by atoms with Crippen molar-refractivity contribution in [3.05, 3.63) is 70.8 Å². The van der Waals surface area contributed by atoms with E-state index in [1.54, 1.807) is 18.2 Å². The second-order valence-electron chi connectivity index (χ2n) is 4.68. The summed E-state index contributed by atoms with van der Waals surface area (Å²) in [6.07, 6.45) is 0. The maximum absolute atomic E-state index is 12.8. The molecule has 0 saturated heterocycles. The van der Waals surface area contributed by atoms with Crippen molar-refractivity contribution in [1.82, 2.24) is 15.5 Å². The van der Waals surface area contributed by atoms with Crippen LogP contribution >= 0.6 is 11.6 Å². The maximum Gasteiger partial charge on any atom is 0.251 e. The number of carbonyl (C=O) groups excluding carboxylic acids is 1. The SMILES string of the molecule is O=C(NCc1nc(-c2ccccc2Cl)no1)c1ccc(F)cc1. The summed E-state index contributed by atoms with van der Waals surface area (Å²) in [5.41, 5.74) is 0.992. The fourth-order valence-electron chi connectivity index (χ4n) is 1.94. The molecule has 1 amide bonds. The van der Waals surface area contributed by atoms with E-state index in [-0.39, 0.29) is 18.3 Å². The number of benzene rings is 2. The molecule has 2 aromatic carbocycles. The van der Waals surface area contributed by atoms with Gasteiger partial charge in [0.1, 0.15) is 5.82 Å². The molecule has 0 aliphatic carbocycles. The van der Waals surface area contributed by atoms with Crippen molar-refractivity contribution in [2.24, 2.45) is 0 Å². The van der Waals surface area contributed by atoms with Crippen LogP contribution < -0.4 is 5.32 Å². The number of hydrogen-bond donors (Lipinski definition) is 1. The standard InChI is InChI=1S/C16H11ClFN3O2/c17-13-4-2-1-3-12(13)15-20-14(23-21-15)9-19-16(22)10-5-7-11(18)8-6-10/h1-8H,9H2,(H,19,22). The van der Waals surface area contributed by atoms with E-state index in [0.29, 0.717) is 22.0 Å². The zero-order chi connectivity index (χ0) is 16.2. The van der Waals surface area contributed by atoms with Gasteiger partial charge >= 0.3 is 0 Å². The molecule has 23 heavy (non-hydrogen) atoms. The van der Waals surface area contributed by atoms with Crippen molar-refractivity contribution in [1.29, 1.82) is 0 Å². The summed E-state index contributed by atoms with van der Waals surface area (Å²) >= 11 is 6.07. The second-order valence-corrected chi connectivity index (χ2v) is 5.09. The lowest BCUT2D eigenvalue weighted by Gasteiger charge is -2.01. The summed E-state index contributed by atoms with van der Waals surface area (Å²) < 4.78 is 17.9. The van der Waals surface area contributed by atoms with Gasteiger partial charge in [-0.05, 0) is 36.4 Å². The molecule has 0 spiro atoms. The minimum Gasteiger partial charge on any atom is -0.343 e. The zero-order valence-corrected chi connectivity index (χ0v) is 12.5. The highest BCUT2D eigenvalue weighted by Crippen LogP contribution is 2.24. The van der Waals surface area contributed by atoms with Gasteiger partial charge in [0.15, 0.2) is 0 Å². The molecular formula is C16H11ClFN3O2. The van der Waals surface area contributed by atoms with E-state index in [2.05, 4.69) is 15.5 Å². The monoisotopic (exact) mass is 331 g/mol. The quantitative estimate of drug-likeness (QED) is 0.795. The molecule has 1 aromatic heterocycles. The first-order valence-corrected chi connectivity index (χ1v) is 7.12. The maximum atomic E-state index is 12.8. The Morgan fingerprint density at radius 1 is 1.17 bits per heavy atom. The molecule has 0 fully saturated rings. The van der Waals surface area contributed by atoms with Crippen LogP contribution in [-0.4, -0.2) is 16.0 Å². The Balaban J connectivity index is 1.67. The number of amides is 1. The summed E-state index contributed by atoms with van der Waals surface area (Å²) in [5, 5.41) is 6.97. The lowest BCUT2D eigenvalue weighted by molar-refractivity contribution is 0.0946. The number of nitrogens with one attached hydrogen (secondary N) is 1. The Kier molecular flexibility index (Phi) is 4.34. The van der Waals surface area contributed by atoms with Crippen molar-refractivity contribution < 1.29 is 13.7 Å². The van der Waals surface area contributed by atoms with Crippen molar-refractivity contribution in [2.45, 2.75) is 6.54 Å². The number of rotatable bonds is 4. The minimum absolute atomic E-state index is 0.0632. The first-order valence-electron chi connectivity index (χ1n) is 6.75. The zero-order valence-electron chi connectivity index (χ0n) is 11.8. The molecule has 7 heteroatoms. The lowest BCUT2D eigenvalue weighted by Crippen LogP contribution is -2.22. The van der Waals surface area contributed by atoms with Gasteiger partial charge in [-0.25, -0.2) is 4.39 Å². The smallest absolute Gasteiger partial charge is 0.251 e. The van der Waals surface area contributed by atoms with Crippen LogP contribution in [0.3, 0.4) is 0 Å². The minimum atomic E-state index is -0.400. The molecule has 0 atom stereocenters. The third-order valence-electron chi connectivity index (χ3n) is 3.09. The van der Waals surface area contributed by atoms with Gasteiger partial charge < -0.3 is 9.84 Å². The van der Waals surface area contributed by atoms with Crippen molar-refractivity contribution in [3.63, 3.8) is 0 Å². The topological polar surface area (TPSA) is 68.0 Å². The summed E-state index contributed by atoms with van der Waals surface area (Å²) in [6.45, 7) is 0.0632. The molecule has 3 aromatic rings. The van der Waals surface area contributed by atoms with E-state index in [4.69, 9.17) is 16.1 Å². The Hall–Kier alpha value is -2.73. The third kappa shape index (κ3) is 3.54. The van der Waals surface area contributed by atoms with Crippen molar-refractivity contribution in [2.75, 3.05) is 0 Å². The molecule has 0 unspecified atom stereocenters. The van der Waals surface area contributed by atoms with E-state index in [1.807, 2.05) is 6.07 Å². The van der Waals surface area contributed by atoms with Crippen molar-refractivity contribution in [3.8, 4) is 11.4 Å². The third-order valence-corrected chi connectivity index (χ3v) is 3.42. The van der Waals surface area contributed by atoms with E-state index >= 15 is 0 Å². The van der Waals surface area contributed by atoms with Gasteiger partial charge in [-0.15, -0.1) is 0 Å². The molecule has 1 heterocycles. The average molecular weight is 332 g/mol. The van der Waals surface area contributed by atoms with Crippen LogP contribution in [0.5, 0.6) is 0 Å². The Labute approximate surface area is 136 Å². The van der Waals surface area contributed by atoms with E-state index in [0.717, 1.165) is 0 Å². The van der Waals surface area contributed by atoms with Crippen LogP contribution in [0.25, 0.3) is 11.4 Å². The van der Waals surface area contributed by atoms with Crippen LogP contribution in [-0.2, 0) is 6.54 Å². The number of halogens is 2. The number of aromatic nitrogens is 2. The van der Waals surface area contributed by atoms with E-state index < -0.39 is 5.82 Å². The molecule has 0 aliphatic rings. The number of nitrogens with zero attached hydrogens (tertiary/aromatic N) is 2. The van der Waals surface area contributed by atoms with Crippen LogP contribution in [0.1, 0.15) is 16.2 Å². The number of carbonyl (C=O) groups is 1. The van der Waals surface area contributed by atoms with E-state index in [9.17, 15) is 9.18 Å².